The highest BCUT2D eigenvalue weighted by atomic mass is 16.5. The fourth-order valence-electron chi connectivity index (χ4n) is 1.50. The molecule has 1 N–H and O–H groups in total. The van der Waals surface area contributed by atoms with E-state index in [1.165, 1.54) is 0 Å². The maximum absolute atomic E-state index is 12.1. The first-order valence-corrected chi connectivity index (χ1v) is 6.07. The smallest absolute Gasteiger partial charge is 0.256 e. The van der Waals surface area contributed by atoms with Crippen molar-refractivity contribution >= 4 is 17.3 Å². The number of rotatable bonds is 5. The zero-order valence-corrected chi connectivity index (χ0v) is 11.8. The van der Waals surface area contributed by atoms with Gasteiger partial charge in [-0.25, -0.2) is 0 Å². The van der Waals surface area contributed by atoms with Crippen molar-refractivity contribution in [3.63, 3.8) is 0 Å². The molecule has 0 aliphatic rings. The molecule has 0 saturated carbocycles. The number of carbonyl (C=O) groups is 1. The number of carbonyl (C=O) groups excluding carboxylic acids is 1. The zero-order chi connectivity index (χ0) is 13.8. The summed E-state index contributed by atoms with van der Waals surface area (Å²) in [5.41, 5.74) is 1.10. The largest absolute Gasteiger partial charge is 0.378 e. The Morgan fingerprint density at radius 3 is 2.28 bits per heavy atom. The summed E-state index contributed by atoms with van der Waals surface area (Å²) in [4.78, 5) is 14.1. The summed E-state index contributed by atoms with van der Waals surface area (Å²) in [5, 5.41) is 2.87. The molecule has 1 aromatic carbocycles. The van der Waals surface area contributed by atoms with Crippen molar-refractivity contribution < 1.29 is 9.53 Å². The van der Waals surface area contributed by atoms with Gasteiger partial charge in [0, 0.05) is 32.6 Å². The molecule has 4 heteroatoms. The second kappa shape index (κ2) is 5.87. The molecular weight excluding hydrogens is 228 g/mol. The van der Waals surface area contributed by atoms with Gasteiger partial charge in [-0.15, -0.1) is 0 Å². The van der Waals surface area contributed by atoms with Gasteiger partial charge in [-0.2, -0.15) is 0 Å². The van der Waals surface area contributed by atoms with Crippen LogP contribution < -0.4 is 10.2 Å². The fraction of sp³-hybridized carbons (Fsp3) is 0.500. The molecule has 0 aliphatic carbocycles. The van der Waals surface area contributed by atoms with Crippen molar-refractivity contribution in [2.45, 2.75) is 25.9 Å². The molecule has 0 fully saturated rings. The van der Waals surface area contributed by atoms with Crippen LogP contribution in [-0.2, 0) is 9.53 Å². The SMILES string of the molecule is CCC(C)(OC)C(=O)Nc1ccc(N(C)C)cc1. The predicted octanol–water partition coefficient (Wildman–Crippen LogP) is 2.51. The Labute approximate surface area is 109 Å². The maximum Gasteiger partial charge on any atom is 0.256 e. The van der Waals surface area contributed by atoms with Gasteiger partial charge in [-0.3, -0.25) is 4.79 Å². The normalized spacial score (nSPS) is 13.8. The predicted molar refractivity (Wildman–Crippen MR) is 75.1 cm³/mol. The third kappa shape index (κ3) is 3.23. The number of amides is 1. The summed E-state index contributed by atoms with van der Waals surface area (Å²) in [6.07, 6.45) is 0.630. The first kappa shape index (κ1) is 14.5. The van der Waals surface area contributed by atoms with Crippen molar-refractivity contribution in [1.82, 2.24) is 0 Å². The van der Waals surface area contributed by atoms with E-state index in [0.717, 1.165) is 11.4 Å². The average molecular weight is 250 g/mol. The van der Waals surface area contributed by atoms with Crippen molar-refractivity contribution in [2.24, 2.45) is 0 Å². The van der Waals surface area contributed by atoms with Crippen LogP contribution in [0.4, 0.5) is 11.4 Å². The number of hydrogen-bond acceptors (Lipinski definition) is 3. The van der Waals surface area contributed by atoms with Gasteiger partial charge in [0.2, 0.25) is 0 Å². The Kier molecular flexibility index (Phi) is 4.73. The summed E-state index contributed by atoms with van der Waals surface area (Å²) >= 11 is 0. The quantitative estimate of drug-likeness (QED) is 0.873. The molecule has 0 saturated heterocycles. The van der Waals surface area contributed by atoms with Crippen LogP contribution in [0, 0.1) is 0 Å². The van der Waals surface area contributed by atoms with Crippen LogP contribution in [0.2, 0.25) is 0 Å². The third-order valence-electron chi connectivity index (χ3n) is 3.25. The Balaban J connectivity index is 2.76. The average Bonchev–Trinajstić information content (AvgIpc) is 2.38. The molecule has 0 aromatic heterocycles. The summed E-state index contributed by atoms with van der Waals surface area (Å²) in [5.74, 6) is -0.120. The molecule has 1 rings (SSSR count). The van der Waals surface area contributed by atoms with Gasteiger partial charge in [-0.05, 0) is 37.6 Å². The molecular formula is C14H22N2O2. The molecule has 0 aliphatic heterocycles. The second-order valence-corrected chi connectivity index (χ2v) is 4.68. The molecule has 18 heavy (non-hydrogen) atoms. The van der Waals surface area contributed by atoms with Gasteiger partial charge in [0.15, 0.2) is 0 Å². The first-order valence-electron chi connectivity index (χ1n) is 6.07. The molecule has 1 atom stereocenters. The molecule has 4 nitrogen and oxygen atoms in total. The van der Waals surface area contributed by atoms with E-state index in [0.29, 0.717) is 6.42 Å². The Bertz CT molecular complexity index is 395. The number of nitrogens with zero attached hydrogens (tertiary/aromatic N) is 1. The number of benzene rings is 1. The van der Waals surface area contributed by atoms with E-state index in [9.17, 15) is 4.79 Å². The topological polar surface area (TPSA) is 41.6 Å². The molecule has 0 radical (unpaired) electrons. The summed E-state index contributed by atoms with van der Waals surface area (Å²) in [7, 11) is 5.51. The number of hydrogen-bond donors (Lipinski definition) is 1. The van der Waals surface area contributed by atoms with Crippen LogP contribution in [0.25, 0.3) is 0 Å². The van der Waals surface area contributed by atoms with E-state index < -0.39 is 5.60 Å². The molecule has 0 spiro atoms. The van der Waals surface area contributed by atoms with Crippen molar-refractivity contribution in [3.8, 4) is 0 Å². The van der Waals surface area contributed by atoms with E-state index in [1.54, 1.807) is 14.0 Å². The molecule has 1 aromatic rings. The lowest BCUT2D eigenvalue weighted by molar-refractivity contribution is -0.136. The Morgan fingerprint density at radius 1 is 1.33 bits per heavy atom. The van der Waals surface area contributed by atoms with Gasteiger partial charge in [-0.1, -0.05) is 6.92 Å². The van der Waals surface area contributed by atoms with E-state index >= 15 is 0 Å². The molecule has 0 heterocycles. The zero-order valence-electron chi connectivity index (χ0n) is 11.8. The summed E-state index contributed by atoms with van der Waals surface area (Å²) in [6.45, 7) is 3.72. The van der Waals surface area contributed by atoms with E-state index in [1.807, 2.05) is 50.2 Å². The van der Waals surface area contributed by atoms with E-state index in [-0.39, 0.29) is 5.91 Å². The van der Waals surface area contributed by atoms with Gasteiger partial charge in [0.25, 0.3) is 5.91 Å². The maximum atomic E-state index is 12.1. The second-order valence-electron chi connectivity index (χ2n) is 4.68. The van der Waals surface area contributed by atoms with Crippen molar-refractivity contribution in [1.29, 1.82) is 0 Å². The minimum Gasteiger partial charge on any atom is -0.378 e. The van der Waals surface area contributed by atoms with Gasteiger partial charge in [0.1, 0.15) is 5.60 Å². The lowest BCUT2D eigenvalue weighted by Crippen LogP contribution is -2.41. The minimum absolute atomic E-state index is 0.120. The first-order chi connectivity index (χ1) is 8.42. The number of methoxy groups -OCH3 is 1. The summed E-state index contributed by atoms with van der Waals surface area (Å²) in [6, 6.07) is 7.70. The van der Waals surface area contributed by atoms with Crippen LogP contribution >= 0.6 is 0 Å². The van der Waals surface area contributed by atoms with Gasteiger partial charge < -0.3 is 15.0 Å². The van der Waals surface area contributed by atoms with Crippen LogP contribution in [0.15, 0.2) is 24.3 Å². The van der Waals surface area contributed by atoms with Gasteiger partial charge >= 0.3 is 0 Å². The molecule has 100 valence electrons. The highest BCUT2D eigenvalue weighted by Crippen LogP contribution is 2.19. The standard InChI is InChI=1S/C14H22N2O2/c1-6-14(2,18-5)13(17)15-11-7-9-12(10-8-11)16(3)4/h7-10H,6H2,1-5H3,(H,15,17). The number of anilines is 2. The van der Waals surface area contributed by atoms with Crippen LogP contribution in [0.5, 0.6) is 0 Å². The fourth-order valence-corrected chi connectivity index (χ4v) is 1.50. The van der Waals surface area contributed by atoms with Crippen LogP contribution in [-0.4, -0.2) is 32.7 Å². The highest BCUT2D eigenvalue weighted by Gasteiger charge is 2.30. The highest BCUT2D eigenvalue weighted by molar-refractivity contribution is 5.97. The molecule has 1 unspecified atom stereocenters. The Morgan fingerprint density at radius 2 is 1.89 bits per heavy atom. The summed E-state index contributed by atoms with van der Waals surface area (Å²) < 4.78 is 5.26. The minimum atomic E-state index is -0.778. The lowest BCUT2D eigenvalue weighted by atomic mass is 10.0. The monoisotopic (exact) mass is 250 g/mol. The van der Waals surface area contributed by atoms with Gasteiger partial charge in [0.05, 0.1) is 0 Å². The molecule has 0 bridgehead atoms. The van der Waals surface area contributed by atoms with Crippen LogP contribution in [0.3, 0.4) is 0 Å². The Hall–Kier alpha value is -1.55. The third-order valence-corrected chi connectivity index (χ3v) is 3.25. The number of ether oxygens (including phenoxy) is 1. The molecule has 1 amide bonds. The van der Waals surface area contributed by atoms with E-state index in [4.69, 9.17) is 4.74 Å². The van der Waals surface area contributed by atoms with E-state index in [2.05, 4.69) is 5.32 Å². The lowest BCUT2D eigenvalue weighted by Gasteiger charge is -2.25. The van der Waals surface area contributed by atoms with Crippen LogP contribution in [0.1, 0.15) is 20.3 Å². The van der Waals surface area contributed by atoms with Crippen molar-refractivity contribution in [3.05, 3.63) is 24.3 Å². The number of nitrogens with one attached hydrogen (secondary N) is 1. The van der Waals surface area contributed by atoms with Crippen molar-refractivity contribution in [2.75, 3.05) is 31.4 Å².